The molecule has 11 N–H and O–H groups in total. The van der Waals surface area contributed by atoms with Gasteiger partial charge in [0.2, 0.25) is 0 Å². The minimum Gasteiger partial charge on any atom is -0.463 e. The molecule has 19 heteroatoms. The maximum atomic E-state index is 12.7. The van der Waals surface area contributed by atoms with E-state index in [0.717, 1.165) is 38.2 Å². The zero-order valence-electron chi connectivity index (χ0n) is 41.9. The molecule has 398 valence electrons. The van der Waals surface area contributed by atoms with Crippen molar-refractivity contribution in [2.24, 2.45) is 45.3 Å². The SMILES string of the molecule is CC(=O)OCC1OC(OC2C(OC3CCC4(C)C(CCC5(C)C4CC(O)C4C(C(C)(CCC=C(C)C)OC6OC(CO)C(O)C(O)C6O)CCC45C)C3(C)C)OC(CO)C(O)C2O)C(O)C(O)C1O. The number of carbonyl (C=O) groups excluding carboxylic acids is 1. The summed E-state index contributed by atoms with van der Waals surface area (Å²) >= 11 is 0. The van der Waals surface area contributed by atoms with E-state index in [9.17, 15) is 61.0 Å². The summed E-state index contributed by atoms with van der Waals surface area (Å²) in [5.74, 6) is -0.869. The number of aliphatic hydroxyl groups excluding tert-OH is 11. The monoisotopic (exact) mass is 989 g/mol. The van der Waals surface area contributed by atoms with Crippen molar-refractivity contribution < 1.29 is 94.1 Å². The van der Waals surface area contributed by atoms with Crippen molar-refractivity contribution in [3.05, 3.63) is 11.6 Å². The second-order valence-corrected chi connectivity index (χ2v) is 23.5. The Balaban J connectivity index is 1.12. The molecule has 0 radical (unpaired) electrons. The lowest BCUT2D eigenvalue weighted by Gasteiger charge is -2.71. The molecule has 0 bridgehead atoms. The highest BCUT2D eigenvalue weighted by Crippen LogP contribution is 2.76. The van der Waals surface area contributed by atoms with Crippen molar-refractivity contribution >= 4 is 5.97 Å². The van der Waals surface area contributed by atoms with Crippen LogP contribution in [0.2, 0.25) is 0 Å². The number of aliphatic hydroxyl groups is 11. The van der Waals surface area contributed by atoms with Gasteiger partial charge in [0.1, 0.15) is 79.9 Å². The molecular formula is C50H84O19. The summed E-state index contributed by atoms with van der Waals surface area (Å²) in [7, 11) is 0. The Labute approximate surface area is 406 Å². The molecule has 25 unspecified atom stereocenters. The summed E-state index contributed by atoms with van der Waals surface area (Å²) in [6.07, 6.45) is -15.8. The maximum Gasteiger partial charge on any atom is 0.302 e. The number of hydrogen-bond acceptors (Lipinski definition) is 19. The van der Waals surface area contributed by atoms with Gasteiger partial charge < -0.3 is 89.3 Å². The average molecular weight is 989 g/mol. The molecule has 3 aliphatic heterocycles. The second kappa shape index (κ2) is 20.7. The van der Waals surface area contributed by atoms with Crippen molar-refractivity contribution in [2.75, 3.05) is 19.8 Å². The zero-order valence-corrected chi connectivity index (χ0v) is 41.9. The molecule has 19 nitrogen and oxygen atoms in total. The van der Waals surface area contributed by atoms with Crippen LogP contribution in [0.4, 0.5) is 0 Å². The first-order valence-electron chi connectivity index (χ1n) is 25.3. The van der Waals surface area contributed by atoms with Crippen molar-refractivity contribution in [3.8, 4) is 0 Å². The number of carbonyl (C=O) groups is 1. The predicted octanol–water partition coefficient (Wildman–Crippen LogP) is 0.544. The third kappa shape index (κ3) is 9.75. The van der Waals surface area contributed by atoms with Crippen LogP contribution < -0.4 is 0 Å². The van der Waals surface area contributed by atoms with Crippen LogP contribution in [-0.4, -0.2) is 192 Å². The van der Waals surface area contributed by atoms with Crippen LogP contribution in [0.5, 0.6) is 0 Å². The molecule has 0 aromatic rings. The molecular weight excluding hydrogens is 905 g/mol. The number of fused-ring (bicyclic) bond motifs is 5. The first-order valence-corrected chi connectivity index (χ1v) is 25.3. The number of hydrogen-bond donors (Lipinski definition) is 11. The second-order valence-electron chi connectivity index (χ2n) is 23.5. The van der Waals surface area contributed by atoms with Gasteiger partial charge in [0.05, 0.1) is 31.0 Å². The van der Waals surface area contributed by atoms with Crippen LogP contribution in [0.1, 0.15) is 120 Å². The van der Waals surface area contributed by atoms with Gasteiger partial charge in [-0.2, -0.15) is 0 Å². The Hall–Kier alpha value is -1.47. The molecule has 3 heterocycles. The fraction of sp³-hybridized carbons (Fsp3) is 0.940. The van der Waals surface area contributed by atoms with Crippen LogP contribution in [0, 0.1) is 45.3 Å². The van der Waals surface area contributed by atoms with Gasteiger partial charge in [-0.1, -0.05) is 46.3 Å². The molecule has 0 spiro atoms. The molecule has 0 amide bonds. The maximum absolute atomic E-state index is 12.7. The molecule has 0 aromatic heterocycles. The first kappa shape index (κ1) is 55.3. The van der Waals surface area contributed by atoms with E-state index < -0.39 is 141 Å². The van der Waals surface area contributed by atoms with E-state index in [-0.39, 0.29) is 39.9 Å². The standard InChI is InChI=1S/C50H84O19/c1-23(2)11-10-15-50(9,69-44-41(62)37(58)34(55)27(20-51)64-44)25-12-17-49(8)33(25)26(54)19-31-47(6)16-14-32(46(4,5)30(47)13-18-48(31,49)7)67-45-42(39(60)35(56)28(21-52)65-45)68-43-40(61)38(59)36(57)29(66-43)22-63-24(3)53/h11,25-45,51-52,54-62H,10,12-22H2,1-9H3. The largest absolute Gasteiger partial charge is 0.463 e. The minimum atomic E-state index is -1.83. The van der Waals surface area contributed by atoms with Crippen molar-refractivity contribution in [1.29, 1.82) is 0 Å². The van der Waals surface area contributed by atoms with Gasteiger partial charge in [-0.05, 0) is 124 Å². The molecule has 4 aliphatic carbocycles. The lowest BCUT2D eigenvalue weighted by atomic mass is 9.35. The van der Waals surface area contributed by atoms with E-state index in [1.54, 1.807) is 0 Å². The highest BCUT2D eigenvalue weighted by Gasteiger charge is 2.72. The summed E-state index contributed by atoms with van der Waals surface area (Å²) in [6, 6.07) is 0. The molecule has 0 aromatic carbocycles. The van der Waals surface area contributed by atoms with E-state index in [2.05, 4.69) is 40.7 Å². The molecule has 4 saturated carbocycles. The Bertz CT molecular complexity index is 1800. The topological polar surface area (TPSA) is 304 Å². The average Bonchev–Trinajstić information content (AvgIpc) is 3.67. The summed E-state index contributed by atoms with van der Waals surface area (Å²) < 4.78 is 42.5. The molecule has 25 atom stereocenters. The van der Waals surface area contributed by atoms with Crippen LogP contribution in [0.25, 0.3) is 0 Å². The summed E-state index contributed by atoms with van der Waals surface area (Å²) in [5.41, 5.74) is -1.19. The highest BCUT2D eigenvalue weighted by atomic mass is 16.8. The van der Waals surface area contributed by atoms with Gasteiger partial charge in [-0.25, -0.2) is 0 Å². The Morgan fingerprint density at radius 2 is 1.22 bits per heavy atom. The van der Waals surface area contributed by atoms with Crippen LogP contribution in [-0.2, 0) is 38.0 Å². The van der Waals surface area contributed by atoms with E-state index in [4.69, 9.17) is 33.2 Å². The first-order chi connectivity index (χ1) is 32.2. The molecule has 69 heavy (non-hydrogen) atoms. The van der Waals surface area contributed by atoms with Crippen LogP contribution in [0.15, 0.2) is 11.6 Å². The number of rotatable bonds is 14. The van der Waals surface area contributed by atoms with Crippen molar-refractivity contribution in [3.63, 3.8) is 0 Å². The lowest BCUT2D eigenvalue weighted by Crippen LogP contribution is -2.68. The fourth-order valence-electron chi connectivity index (χ4n) is 15.1. The van der Waals surface area contributed by atoms with Gasteiger partial charge in [-0.15, -0.1) is 0 Å². The number of ether oxygens (including phenoxy) is 7. The summed E-state index contributed by atoms with van der Waals surface area (Å²) in [4.78, 5) is 11.5. The highest BCUT2D eigenvalue weighted by molar-refractivity contribution is 5.65. The van der Waals surface area contributed by atoms with Crippen molar-refractivity contribution in [1.82, 2.24) is 0 Å². The van der Waals surface area contributed by atoms with E-state index in [1.165, 1.54) is 0 Å². The Morgan fingerprint density at radius 3 is 1.83 bits per heavy atom. The predicted molar refractivity (Wildman–Crippen MR) is 243 cm³/mol. The summed E-state index contributed by atoms with van der Waals surface area (Å²) in [6.45, 7) is 16.8. The van der Waals surface area contributed by atoms with Gasteiger partial charge in [0.15, 0.2) is 18.9 Å². The summed E-state index contributed by atoms with van der Waals surface area (Å²) in [5, 5.41) is 120. The normalized spacial score (nSPS) is 50.5. The molecule has 7 fully saturated rings. The van der Waals surface area contributed by atoms with E-state index >= 15 is 0 Å². The van der Waals surface area contributed by atoms with Gasteiger partial charge in [0, 0.05) is 6.92 Å². The third-order valence-electron chi connectivity index (χ3n) is 19.1. The van der Waals surface area contributed by atoms with Gasteiger partial charge in [-0.3, -0.25) is 4.79 Å². The third-order valence-corrected chi connectivity index (χ3v) is 19.1. The van der Waals surface area contributed by atoms with Crippen LogP contribution >= 0.6 is 0 Å². The Morgan fingerprint density at radius 1 is 0.652 bits per heavy atom. The molecule has 7 rings (SSSR count). The van der Waals surface area contributed by atoms with Crippen molar-refractivity contribution in [2.45, 2.75) is 230 Å². The quantitative estimate of drug-likeness (QED) is 0.0643. The number of allylic oxidation sites excluding steroid dienone is 2. The Kier molecular flexibility index (Phi) is 16.6. The molecule has 7 aliphatic rings. The van der Waals surface area contributed by atoms with E-state index in [0.29, 0.717) is 32.1 Å². The van der Waals surface area contributed by atoms with E-state index in [1.807, 2.05) is 20.8 Å². The smallest absolute Gasteiger partial charge is 0.302 e. The fourth-order valence-corrected chi connectivity index (χ4v) is 15.1. The van der Waals surface area contributed by atoms with Gasteiger partial charge >= 0.3 is 5.97 Å². The zero-order chi connectivity index (χ0) is 50.9. The number of esters is 1. The minimum absolute atomic E-state index is 0.0736. The van der Waals surface area contributed by atoms with Crippen LogP contribution in [0.3, 0.4) is 0 Å². The van der Waals surface area contributed by atoms with Gasteiger partial charge in [0.25, 0.3) is 0 Å². The lowest BCUT2D eigenvalue weighted by molar-refractivity contribution is -0.378. The molecule has 3 saturated heterocycles.